The zero-order valence-electron chi connectivity index (χ0n) is 21.1. The van der Waals surface area contributed by atoms with Crippen LogP contribution in [0.5, 0.6) is 0 Å². The van der Waals surface area contributed by atoms with Gasteiger partial charge in [0, 0.05) is 42.9 Å². The van der Waals surface area contributed by atoms with Crippen molar-refractivity contribution in [1.29, 1.82) is 0 Å². The van der Waals surface area contributed by atoms with E-state index in [1.807, 2.05) is 50.2 Å². The molecule has 0 atom stereocenters. The van der Waals surface area contributed by atoms with Crippen LogP contribution in [0, 0.1) is 6.92 Å². The van der Waals surface area contributed by atoms with E-state index in [4.69, 9.17) is 0 Å². The van der Waals surface area contributed by atoms with Gasteiger partial charge in [0.15, 0.2) is 0 Å². The summed E-state index contributed by atoms with van der Waals surface area (Å²) in [6.45, 7) is 6.54. The molecule has 2 N–H and O–H groups in total. The number of rotatable bonds is 8. The number of para-hydroxylation sites is 1. The summed E-state index contributed by atoms with van der Waals surface area (Å²) in [5, 5.41) is 12.5. The van der Waals surface area contributed by atoms with Crippen LogP contribution in [-0.4, -0.2) is 38.1 Å². The van der Waals surface area contributed by atoms with Crippen LogP contribution >= 0.6 is 15.9 Å². The topological polar surface area (TPSA) is 100 Å². The van der Waals surface area contributed by atoms with Crippen molar-refractivity contribution < 1.29 is 14.7 Å². The fraction of sp³-hybridized carbons (Fsp3) is 0.214. The van der Waals surface area contributed by atoms with Crippen molar-refractivity contribution in [3.05, 3.63) is 87.7 Å². The van der Waals surface area contributed by atoms with E-state index in [1.165, 1.54) is 6.20 Å². The first-order chi connectivity index (χ1) is 17.7. The van der Waals surface area contributed by atoms with Crippen molar-refractivity contribution in [2.24, 2.45) is 7.05 Å². The molecule has 0 bridgehead atoms. The minimum atomic E-state index is -1.00. The van der Waals surface area contributed by atoms with Gasteiger partial charge in [0.1, 0.15) is 5.69 Å². The second-order valence-corrected chi connectivity index (χ2v) is 9.46. The smallest absolute Gasteiger partial charge is 0.337 e. The summed E-state index contributed by atoms with van der Waals surface area (Å²) in [6.07, 6.45) is 4.00. The highest BCUT2D eigenvalue weighted by molar-refractivity contribution is 9.10. The van der Waals surface area contributed by atoms with Crippen molar-refractivity contribution in [2.75, 3.05) is 16.8 Å². The maximum atomic E-state index is 13.4. The third kappa shape index (κ3) is 5.41. The molecule has 2 heterocycles. The number of benzene rings is 2. The average molecular weight is 562 g/mol. The van der Waals surface area contributed by atoms with Gasteiger partial charge < -0.3 is 19.9 Å². The van der Waals surface area contributed by atoms with E-state index in [9.17, 15) is 14.7 Å². The predicted molar refractivity (Wildman–Crippen MR) is 149 cm³/mol. The second-order valence-electron chi connectivity index (χ2n) is 8.61. The number of anilines is 3. The van der Waals surface area contributed by atoms with Gasteiger partial charge in [-0.15, -0.1) is 0 Å². The molecule has 37 heavy (non-hydrogen) atoms. The van der Waals surface area contributed by atoms with Gasteiger partial charge in [0.2, 0.25) is 5.95 Å². The molecule has 0 aliphatic carbocycles. The molecule has 0 unspecified atom stereocenters. The SMILES string of the molecule is CCc1ccccc1N(CC)C(=O)c1ccc(Nc2ncc(Br)c(-c3cc(C(=O)O)cn3C)n2)c(C)c1. The van der Waals surface area contributed by atoms with Crippen molar-refractivity contribution in [3.8, 4) is 11.4 Å². The maximum Gasteiger partial charge on any atom is 0.337 e. The van der Waals surface area contributed by atoms with E-state index in [1.54, 1.807) is 34.8 Å². The highest BCUT2D eigenvalue weighted by atomic mass is 79.9. The molecule has 9 heteroatoms. The molecule has 0 fully saturated rings. The van der Waals surface area contributed by atoms with Crippen LogP contribution in [0.15, 0.2) is 65.4 Å². The zero-order chi connectivity index (χ0) is 26.7. The number of carboxylic acid groups (broad SMARTS) is 1. The van der Waals surface area contributed by atoms with Gasteiger partial charge in [-0.1, -0.05) is 25.1 Å². The lowest BCUT2D eigenvalue weighted by molar-refractivity contribution is 0.0696. The quantitative estimate of drug-likeness (QED) is 0.264. The van der Waals surface area contributed by atoms with Crippen LogP contribution in [0.25, 0.3) is 11.4 Å². The molecule has 0 aliphatic heterocycles. The molecule has 4 aromatic rings. The Morgan fingerprint density at radius 1 is 1.11 bits per heavy atom. The number of aromatic carboxylic acids is 1. The number of amides is 1. The summed E-state index contributed by atoms with van der Waals surface area (Å²) >= 11 is 3.47. The van der Waals surface area contributed by atoms with Crippen molar-refractivity contribution >= 4 is 45.1 Å². The number of carbonyl (C=O) groups excluding carboxylic acids is 1. The van der Waals surface area contributed by atoms with E-state index in [-0.39, 0.29) is 11.5 Å². The van der Waals surface area contributed by atoms with Gasteiger partial charge >= 0.3 is 5.97 Å². The Morgan fingerprint density at radius 3 is 2.51 bits per heavy atom. The highest BCUT2D eigenvalue weighted by Gasteiger charge is 2.20. The molecule has 1 amide bonds. The first-order valence-electron chi connectivity index (χ1n) is 11.9. The Morgan fingerprint density at radius 2 is 1.86 bits per heavy atom. The Kier molecular flexibility index (Phi) is 7.73. The Hall–Kier alpha value is -3.98. The fourth-order valence-corrected chi connectivity index (χ4v) is 4.63. The van der Waals surface area contributed by atoms with E-state index >= 15 is 0 Å². The molecule has 0 radical (unpaired) electrons. The van der Waals surface area contributed by atoms with Gasteiger partial charge in [0.05, 0.1) is 15.7 Å². The zero-order valence-corrected chi connectivity index (χ0v) is 22.7. The van der Waals surface area contributed by atoms with Crippen LogP contribution in [0.4, 0.5) is 17.3 Å². The van der Waals surface area contributed by atoms with Crippen LogP contribution in [0.2, 0.25) is 0 Å². The van der Waals surface area contributed by atoms with Gasteiger partial charge in [-0.3, -0.25) is 4.79 Å². The number of aromatic nitrogens is 3. The lowest BCUT2D eigenvalue weighted by Crippen LogP contribution is -2.31. The summed E-state index contributed by atoms with van der Waals surface area (Å²) in [5.41, 5.74) is 5.66. The van der Waals surface area contributed by atoms with Crippen LogP contribution in [0.1, 0.15) is 45.7 Å². The normalized spacial score (nSPS) is 10.8. The second kappa shape index (κ2) is 11.0. The standard InChI is InChI=1S/C28H28BrN5O3/c1-5-18-9-7-8-10-23(18)34(6-2)26(35)19-11-12-22(17(3)13-19)31-28-30-15-21(29)25(32-28)24-14-20(27(36)37)16-33(24)4/h7-16H,5-6H2,1-4H3,(H,36,37)(H,30,31,32). The molecular formula is C28H28BrN5O3. The van der Waals surface area contributed by atoms with Gasteiger partial charge in [0.25, 0.3) is 5.91 Å². The minimum absolute atomic E-state index is 0.0572. The maximum absolute atomic E-state index is 13.4. The molecule has 190 valence electrons. The summed E-state index contributed by atoms with van der Waals surface area (Å²) in [6, 6.07) is 15.0. The third-order valence-electron chi connectivity index (χ3n) is 6.18. The number of carbonyl (C=O) groups is 2. The third-order valence-corrected chi connectivity index (χ3v) is 6.76. The van der Waals surface area contributed by atoms with Crippen molar-refractivity contribution in [1.82, 2.24) is 14.5 Å². The largest absolute Gasteiger partial charge is 0.478 e. The number of halogens is 1. The van der Waals surface area contributed by atoms with Crippen molar-refractivity contribution in [2.45, 2.75) is 27.2 Å². The van der Waals surface area contributed by atoms with Crippen LogP contribution < -0.4 is 10.2 Å². The average Bonchev–Trinajstić information content (AvgIpc) is 3.28. The van der Waals surface area contributed by atoms with Crippen LogP contribution in [-0.2, 0) is 13.5 Å². The number of carboxylic acids is 1. The summed E-state index contributed by atoms with van der Waals surface area (Å²) in [5.74, 6) is -0.709. The lowest BCUT2D eigenvalue weighted by Gasteiger charge is -2.24. The first kappa shape index (κ1) is 26.1. The minimum Gasteiger partial charge on any atom is -0.478 e. The molecular weight excluding hydrogens is 534 g/mol. The first-order valence-corrected chi connectivity index (χ1v) is 12.7. The Bertz CT molecular complexity index is 1480. The van der Waals surface area contributed by atoms with Gasteiger partial charge in [-0.2, -0.15) is 0 Å². The van der Waals surface area contributed by atoms with Gasteiger partial charge in [-0.25, -0.2) is 14.8 Å². The molecule has 0 saturated heterocycles. The van der Waals surface area contributed by atoms with Crippen molar-refractivity contribution in [3.63, 3.8) is 0 Å². The number of hydrogen-bond acceptors (Lipinski definition) is 5. The monoisotopic (exact) mass is 561 g/mol. The summed E-state index contributed by atoms with van der Waals surface area (Å²) in [7, 11) is 1.77. The fourth-order valence-electron chi connectivity index (χ4n) is 4.23. The molecule has 0 aliphatic rings. The van der Waals surface area contributed by atoms with Gasteiger partial charge in [-0.05, 0) is 77.7 Å². The number of nitrogens with zero attached hydrogens (tertiary/aromatic N) is 4. The summed E-state index contributed by atoms with van der Waals surface area (Å²) in [4.78, 5) is 35.6. The van der Waals surface area contributed by atoms with E-state index in [2.05, 4.69) is 38.1 Å². The Labute approximate surface area is 224 Å². The Balaban J connectivity index is 1.60. The number of nitrogens with one attached hydrogen (secondary N) is 1. The van der Waals surface area contributed by atoms with E-state index in [0.717, 1.165) is 28.9 Å². The number of hydrogen-bond donors (Lipinski definition) is 2. The number of aryl methyl sites for hydroxylation is 3. The summed E-state index contributed by atoms with van der Waals surface area (Å²) < 4.78 is 2.35. The predicted octanol–water partition coefficient (Wildman–Crippen LogP) is 6.22. The highest BCUT2D eigenvalue weighted by Crippen LogP contribution is 2.30. The van der Waals surface area contributed by atoms with E-state index < -0.39 is 5.97 Å². The molecule has 2 aromatic heterocycles. The van der Waals surface area contributed by atoms with Crippen LogP contribution in [0.3, 0.4) is 0 Å². The molecule has 0 spiro atoms. The lowest BCUT2D eigenvalue weighted by atomic mass is 10.1. The molecule has 2 aromatic carbocycles. The molecule has 8 nitrogen and oxygen atoms in total. The van der Waals surface area contributed by atoms with E-state index in [0.29, 0.717) is 33.9 Å². The molecule has 4 rings (SSSR count). The molecule has 0 saturated carbocycles.